The van der Waals surface area contributed by atoms with Crippen molar-refractivity contribution in [1.29, 1.82) is 0 Å². The molecule has 0 saturated carbocycles. The molecular weight excluding hydrogens is 302 g/mol. The molecule has 5 nitrogen and oxygen atoms in total. The minimum absolute atomic E-state index is 0.222. The van der Waals surface area contributed by atoms with Crippen molar-refractivity contribution in [1.82, 2.24) is 0 Å². The predicted molar refractivity (Wildman–Crippen MR) is 81.4 cm³/mol. The molecule has 2 aromatic carbocycles. The summed E-state index contributed by atoms with van der Waals surface area (Å²) in [4.78, 5) is 10.5. The van der Waals surface area contributed by atoms with E-state index >= 15 is 0 Å². The Balaban J connectivity index is 1.92. The second kappa shape index (κ2) is 4.95. The van der Waals surface area contributed by atoms with E-state index in [1.54, 1.807) is 36.4 Å². The zero-order valence-corrected chi connectivity index (χ0v) is 12.4. The van der Waals surface area contributed by atoms with Crippen molar-refractivity contribution in [3.05, 3.63) is 66.2 Å². The summed E-state index contributed by atoms with van der Waals surface area (Å²) < 4.78 is 27.3. The van der Waals surface area contributed by atoms with Crippen LogP contribution in [0.4, 0.5) is 5.69 Å². The van der Waals surface area contributed by atoms with Crippen molar-refractivity contribution in [3.8, 4) is 0 Å². The van der Waals surface area contributed by atoms with Crippen molar-refractivity contribution >= 4 is 21.3 Å². The summed E-state index contributed by atoms with van der Waals surface area (Å²) in [5.74, 6) is 0. The fourth-order valence-electron chi connectivity index (χ4n) is 2.79. The molecule has 2 aliphatic rings. The molecule has 2 heterocycles. The average molecular weight is 315 g/mol. The highest BCUT2D eigenvalue weighted by molar-refractivity contribution is 7.93. The van der Waals surface area contributed by atoms with Crippen molar-refractivity contribution in [2.24, 2.45) is 0 Å². The van der Waals surface area contributed by atoms with E-state index in [2.05, 4.69) is 0 Å². The second-order valence-electron chi connectivity index (χ2n) is 5.02. The van der Waals surface area contributed by atoms with Crippen LogP contribution in [0.3, 0.4) is 0 Å². The molecule has 22 heavy (non-hydrogen) atoms. The molecule has 0 unspecified atom stereocenters. The van der Waals surface area contributed by atoms with Crippen LogP contribution in [0.25, 0.3) is 5.57 Å². The number of fused-ring (bicyclic) bond motifs is 3. The molecule has 2 aromatic rings. The Kier molecular flexibility index (Phi) is 3.04. The predicted octanol–water partition coefficient (Wildman–Crippen LogP) is 2.57. The Morgan fingerprint density at radius 1 is 1.00 bits per heavy atom. The summed E-state index contributed by atoms with van der Waals surface area (Å²) in [6, 6.07) is 15.7. The van der Waals surface area contributed by atoms with Crippen molar-refractivity contribution < 1.29 is 18.2 Å². The van der Waals surface area contributed by atoms with Gasteiger partial charge in [0.1, 0.15) is 6.61 Å². The maximum Gasteiger partial charge on any atom is 0.266 e. The molecule has 0 spiro atoms. The molecule has 0 radical (unpaired) electrons. The van der Waals surface area contributed by atoms with E-state index in [0.717, 1.165) is 11.1 Å². The third kappa shape index (κ3) is 1.89. The molecule has 6 heteroatoms. The van der Waals surface area contributed by atoms with Gasteiger partial charge in [0.05, 0.1) is 10.6 Å². The quantitative estimate of drug-likeness (QED) is 0.799. The van der Waals surface area contributed by atoms with Gasteiger partial charge in [-0.15, -0.1) is 0 Å². The summed E-state index contributed by atoms with van der Waals surface area (Å²) in [6.07, 6.45) is 1.07. The lowest BCUT2D eigenvalue weighted by molar-refractivity contribution is -0.305. The number of rotatable bonds is 2. The number of benzene rings is 2. The largest absolute Gasteiger partial charge is 0.266 e. The average Bonchev–Trinajstić information content (AvgIpc) is 2.91. The molecule has 1 atom stereocenters. The van der Waals surface area contributed by atoms with E-state index in [1.165, 1.54) is 4.31 Å². The number of hydrogen-bond acceptors (Lipinski definition) is 4. The fraction of sp³-hybridized carbons (Fsp3) is 0.125. The van der Waals surface area contributed by atoms with Gasteiger partial charge < -0.3 is 0 Å². The van der Waals surface area contributed by atoms with Gasteiger partial charge in [0, 0.05) is 11.1 Å². The molecule has 0 amide bonds. The Hall–Kier alpha value is -2.15. The van der Waals surface area contributed by atoms with E-state index in [-0.39, 0.29) is 4.90 Å². The Labute approximate surface area is 128 Å². The molecule has 0 N–H and O–H groups in total. The minimum atomic E-state index is -3.73. The Morgan fingerprint density at radius 2 is 1.73 bits per heavy atom. The van der Waals surface area contributed by atoms with E-state index in [0.29, 0.717) is 12.3 Å². The minimum Gasteiger partial charge on any atom is -0.231 e. The van der Waals surface area contributed by atoms with Gasteiger partial charge in [-0.1, -0.05) is 36.4 Å². The number of hydrogen-bond donors (Lipinski definition) is 0. The summed E-state index contributed by atoms with van der Waals surface area (Å²) in [5.41, 5.74) is 2.28. The van der Waals surface area contributed by atoms with Crippen molar-refractivity contribution in [2.75, 3.05) is 10.9 Å². The van der Waals surface area contributed by atoms with Gasteiger partial charge in [-0.3, -0.25) is 0 Å². The van der Waals surface area contributed by atoms with Gasteiger partial charge in [0.25, 0.3) is 10.0 Å². The van der Waals surface area contributed by atoms with Gasteiger partial charge in [0.15, 0.2) is 0 Å². The molecule has 0 aromatic heterocycles. The summed E-state index contributed by atoms with van der Waals surface area (Å²) in [6.45, 7) is 0.305. The van der Waals surface area contributed by atoms with Gasteiger partial charge in [0.2, 0.25) is 6.23 Å². The van der Waals surface area contributed by atoms with E-state index in [4.69, 9.17) is 9.78 Å². The third-order valence-corrected chi connectivity index (χ3v) is 5.54. The highest BCUT2D eigenvalue weighted by atomic mass is 32.2. The lowest BCUT2D eigenvalue weighted by Crippen LogP contribution is -2.40. The number of nitrogens with zero attached hydrogens (tertiary/aromatic N) is 1. The van der Waals surface area contributed by atoms with Crippen LogP contribution in [0.1, 0.15) is 5.56 Å². The lowest BCUT2D eigenvalue weighted by atomic mass is 10.1. The van der Waals surface area contributed by atoms with Gasteiger partial charge in [-0.25, -0.2) is 22.5 Å². The smallest absolute Gasteiger partial charge is 0.231 e. The highest BCUT2D eigenvalue weighted by Gasteiger charge is 2.44. The monoisotopic (exact) mass is 315 g/mol. The Bertz CT molecular complexity index is 845. The van der Waals surface area contributed by atoms with Crippen molar-refractivity contribution in [2.45, 2.75) is 11.1 Å². The zero-order valence-electron chi connectivity index (χ0n) is 11.5. The van der Waals surface area contributed by atoms with Crippen LogP contribution >= 0.6 is 0 Å². The van der Waals surface area contributed by atoms with Crippen LogP contribution in [-0.2, 0) is 19.8 Å². The van der Waals surface area contributed by atoms with Crippen LogP contribution < -0.4 is 4.31 Å². The maximum atomic E-state index is 13.0. The van der Waals surface area contributed by atoms with E-state index in [1.807, 2.05) is 24.3 Å². The normalized spacial score (nSPS) is 20.3. The van der Waals surface area contributed by atoms with Crippen LogP contribution in [0, 0.1) is 0 Å². The van der Waals surface area contributed by atoms with Crippen LogP contribution in [-0.4, -0.2) is 21.3 Å². The maximum absolute atomic E-state index is 13.0. The van der Waals surface area contributed by atoms with Crippen LogP contribution in [0.15, 0.2) is 65.6 Å². The zero-order chi connectivity index (χ0) is 15.2. The molecular formula is C16H13NO4S. The molecule has 0 bridgehead atoms. The first kappa shape index (κ1) is 13.5. The number of sulfonamides is 1. The first-order valence-corrected chi connectivity index (χ1v) is 8.31. The standard InChI is InChI=1S/C16H13NO4S/c18-22(19,12-6-2-1-3-7-12)17-15-9-5-4-8-13(15)14-10-11-20-21-16(14)17/h1-10,16H,11H2/t16-/m1/s1. The summed E-state index contributed by atoms with van der Waals surface area (Å²) >= 11 is 0. The molecule has 0 fully saturated rings. The molecule has 2 aliphatic heterocycles. The number of para-hydroxylation sites is 1. The van der Waals surface area contributed by atoms with Gasteiger partial charge >= 0.3 is 0 Å². The van der Waals surface area contributed by atoms with Crippen LogP contribution in [0.2, 0.25) is 0 Å². The van der Waals surface area contributed by atoms with Gasteiger partial charge in [-0.2, -0.15) is 0 Å². The van der Waals surface area contributed by atoms with Crippen LogP contribution in [0.5, 0.6) is 0 Å². The van der Waals surface area contributed by atoms with E-state index < -0.39 is 16.3 Å². The Morgan fingerprint density at radius 3 is 2.55 bits per heavy atom. The summed E-state index contributed by atoms with van der Waals surface area (Å²) in [7, 11) is -3.73. The summed E-state index contributed by atoms with van der Waals surface area (Å²) in [5, 5.41) is 0. The molecule has 112 valence electrons. The number of anilines is 1. The SMILES string of the molecule is O=S(=O)(c1ccccc1)N1c2ccccc2C2=CCOO[C@H]21. The van der Waals surface area contributed by atoms with Gasteiger partial charge in [-0.05, 0) is 24.3 Å². The molecule has 0 aliphatic carbocycles. The molecule has 0 saturated heterocycles. The molecule has 4 rings (SSSR count). The fourth-order valence-corrected chi connectivity index (χ4v) is 4.33. The highest BCUT2D eigenvalue weighted by Crippen LogP contribution is 2.44. The van der Waals surface area contributed by atoms with E-state index in [9.17, 15) is 8.42 Å². The first-order valence-electron chi connectivity index (χ1n) is 6.87. The van der Waals surface area contributed by atoms with Crippen molar-refractivity contribution in [3.63, 3.8) is 0 Å². The topological polar surface area (TPSA) is 55.8 Å². The third-order valence-electron chi connectivity index (χ3n) is 3.76. The second-order valence-corrected chi connectivity index (χ2v) is 6.84. The lowest BCUT2D eigenvalue weighted by Gasteiger charge is -2.27. The first-order chi connectivity index (χ1) is 10.7.